The van der Waals surface area contributed by atoms with E-state index in [4.69, 9.17) is 5.11 Å². The van der Waals surface area contributed by atoms with Crippen molar-refractivity contribution in [2.24, 2.45) is 5.92 Å². The summed E-state index contributed by atoms with van der Waals surface area (Å²) < 4.78 is 0. The second-order valence-corrected chi connectivity index (χ2v) is 4.97. The van der Waals surface area contributed by atoms with Crippen molar-refractivity contribution < 1.29 is 14.7 Å². The van der Waals surface area contributed by atoms with Crippen molar-refractivity contribution in [1.29, 1.82) is 0 Å². The molecule has 5 heteroatoms. The van der Waals surface area contributed by atoms with Crippen LogP contribution in [0.1, 0.15) is 24.0 Å². The second-order valence-electron chi connectivity index (χ2n) is 4.97. The van der Waals surface area contributed by atoms with E-state index in [0.717, 1.165) is 24.0 Å². The number of aryl methyl sites for hydroxylation is 1. The highest BCUT2D eigenvalue weighted by Crippen LogP contribution is 2.32. The number of rotatable bonds is 5. The Morgan fingerprint density at radius 1 is 1.32 bits per heavy atom. The van der Waals surface area contributed by atoms with E-state index in [-0.39, 0.29) is 5.92 Å². The summed E-state index contributed by atoms with van der Waals surface area (Å²) in [5, 5.41) is 14.2. The summed E-state index contributed by atoms with van der Waals surface area (Å²) in [6.07, 6.45) is 1.74. The first-order chi connectivity index (χ1) is 9.06. The largest absolute Gasteiger partial charge is 0.480 e. The number of hydrogen-bond donors (Lipinski definition) is 3. The molecule has 2 rings (SSSR count). The molecule has 0 spiro atoms. The van der Waals surface area contributed by atoms with Gasteiger partial charge in [-0.1, -0.05) is 29.8 Å². The zero-order chi connectivity index (χ0) is 13.8. The maximum atomic E-state index is 11.6. The summed E-state index contributed by atoms with van der Waals surface area (Å²) in [6, 6.07) is 6.62. The van der Waals surface area contributed by atoms with Crippen LogP contribution in [0.15, 0.2) is 24.3 Å². The van der Waals surface area contributed by atoms with Crippen molar-refractivity contribution in [2.75, 3.05) is 0 Å². The number of hydrogen-bond acceptors (Lipinski definition) is 2. The van der Waals surface area contributed by atoms with E-state index in [1.165, 1.54) is 0 Å². The minimum Gasteiger partial charge on any atom is -0.480 e. The summed E-state index contributed by atoms with van der Waals surface area (Å²) in [5.41, 5.74) is 2.15. The number of nitrogens with one attached hydrogen (secondary N) is 2. The predicted octanol–water partition coefficient (Wildman–Crippen LogP) is 1.66. The zero-order valence-electron chi connectivity index (χ0n) is 10.8. The molecule has 0 saturated heterocycles. The number of amides is 2. The Morgan fingerprint density at radius 3 is 2.47 bits per heavy atom. The maximum absolute atomic E-state index is 11.6. The maximum Gasteiger partial charge on any atom is 0.326 e. The molecule has 0 aromatic heterocycles. The van der Waals surface area contributed by atoms with Gasteiger partial charge in [-0.25, -0.2) is 9.59 Å². The van der Waals surface area contributed by atoms with Gasteiger partial charge >= 0.3 is 12.0 Å². The van der Waals surface area contributed by atoms with Gasteiger partial charge in [0, 0.05) is 6.54 Å². The van der Waals surface area contributed by atoms with Gasteiger partial charge < -0.3 is 15.7 Å². The molecule has 1 aliphatic rings. The van der Waals surface area contributed by atoms with E-state index >= 15 is 0 Å². The molecule has 1 unspecified atom stereocenters. The lowest BCUT2D eigenvalue weighted by molar-refractivity contribution is -0.139. The highest BCUT2D eigenvalue weighted by atomic mass is 16.4. The molecule has 1 atom stereocenters. The van der Waals surface area contributed by atoms with Crippen LogP contribution in [-0.2, 0) is 11.3 Å². The Hall–Kier alpha value is -2.04. The van der Waals surface area contributed by atoms with E-state index in [0.29, 0.717) is 6.54 Å². The van der Waals surface area contributed by atoms with Crippen LogP contribution >= 0.6 is 0 Å². The number of urea groups is 1. The molecule has 1 aromatic rings. The fourth-order valence-corrected chi connectivity index (χ4v) is 1.89. The molecule has 3 N–H and O–H groups in total. The average molecular weight is 262 g/mol. The number of carbonyl (C=O) groups excluding carboxylic acids is 1. The quantitative estimate of drug-likeness (QED) is 0.755. The minimum atomic E-state index is -0.965. The van der Waals surface area contributed by atoms with Crippen molar-refractivity contribution in [3.8, 4) is 0 Å². The summed E-state index contributed by atoms with van der Waals surface area (Å²) in [4.78, 5) is 22.6. The highest BCUT2D eigenvalue weighted by molar-refractivity contribution is 5.83. The monoisotopic (exact) mass is 262 g/mol. The molecule has 0 heterocycles. The first kappa shape index (κ1) is 13.4. The highest BCUT2D eigenvalue weighted by Gasteiger charge is 2.37. The third-order valence-electron chi connectivity index (χ3n) is 3.22. The first-order valence-electron chi connectivity index (χ1n) is 6.39. The minimum absolute atomic E-state index is 0.0858. The van der Waals surface area contributed by atoms with E-state index < -0.39 is 18.0 Å². The molecule has 5 nitrogen and oxygen atoms in total. The van der Waals surface area contributed by atoms with Gasteiger partial charge in [0.1, 0.15) is 6.04 Å². The number of carbonyl (C=O) groups is 2. The van der Waals surface area contributed by atoms with Gasteiger partial charge in [0.15, 0.2) is 0 Å². The predicted molar refractivity (Wildman–Crippen MR) is 70.7 cm³/mol. The lowest BCUT2D eigenvalue weighted by Crippen LogP contribution is -2.46. The molecule has 0 aliphatic heterocycles. The van der Waals surface area contributed by atoms with Crippen molar-refractivity contribution >= 4 is 12.0 Å². The van der Waals surface area contributed by atoms with E-state index in [1.807, 2.05) is 31.2 Å². The van der Waals surface area contributed by atoms with Gasteiger partial charge in [0.05, 0.1) is 0 Å². The van der Waals surface area contributed by atoms with E-state index in [1.54, 1.807) is 0 Å². The smallest absolute Gasteiger partial charge is 0.326 e. The molecule has 1 fully saturated rings. The van der Waals surface area contributed by atoms with E-state index in [2.05, 4.69) is 10.6 Å². The number of aliphatic carboxylic acids is 1. The summed E-state index contributed by atoms with van der Waals surface area (Å²) in [5.74, 6) is -0.879. The van der Waals surface area contributed by atoms with Crippen molar-refractivity contribution in [3.63, 3.8) is 0 Å². The molecule has 19 heavy (non-hydrogen) atoms. The molecule has 102 valence electrons. The normalized spacial score (nSPS) is 15.6. The van der Waals surface area contributed by atoms with Gasteiger partial charge in [-0.2, -0.15) is 0 Å². The second kappa shape index (κ2) is 5.73. The Balaban J connectivity index is 1.80. The Morgan fingerprint density at radius 2 is 1.95 bits per heavy atom. The number of carboxylic acid groups (broad SMARTS) is 1. The zero-order valence-corrected chi connectivity index (χ0v) is 10.8. The summed E-state index contributed by atoms with van der Waals surface area (Å²) in [6.45, 7) is 2.39. The molecule has 1 saturated carbocycles. The molecular formula is C14H18N2O3. The van der Waals surface area contributed by atoms with Gasteiger partial charge in [0.25, 0.3) is 0 Å². The third-order valence-corrected chi connectivity index (χ3v) is 3.22. The van der Waals surface area contributed by atoms with Gasteiger partial charge in [-0.15, -0.1) is 0 Å². The van der Waals surface area contributed by atoms with Crippen molar-refractivity contribution in [3.05, 3.63) is 35.4 Å². The molecule has 1 aromatic carbocycles. The van der Waals surface area contributed by atoms with Crippen LogP contribution in [0.5, 0.6) is 0 Å². The standard InChI is InChI=1S/C14H18N2O3/c1-9-2-4-10(5-3-9)8-15-14(19)16-12(13(17)18)11-6-7-11/h2-5,11-12H,6-8H2,1H3,(H,17,18)(H2,15,16,19). The molecule has 1 aliphatic carbocycles. The first-order valence-corrected chi connectivity index (χ1v) is 6.39. The van der Waals surface area contributed by atoms with Crippen LogP contribution in [-0.4, -0.2) is 23.1 Å². The fraction of sp³-hybridized carbons (Fsp3) is 0.429. The van der Waals surface area contributed by atoms with Crippen LogP contribution in [0.4, 0.5) is 4.79 Å². The van der Waals surface area contributed by atoms with E-state index in [9.17, 15) is 9.59 Å². The van der Waals surface area contributed by atoms with Gasteiger partial charge in [-0.05, 0) is 31.2 Å². The van der Waals surface area contributed by atoms with Crippen LogP contribution in [0.3, 0.4) is 0 Å². The Kier molecular flexibility index (Phi) is 4.04. The fourth-order valence-electron chi connectivity index (χ4n) is 1.89. The van der Waals surface area contributed by atoms with Crippen LogP contribution in [0, 0.1) is 12.8 Å². The lowest BCUT2D eigenvalue weighted by Gasteiger charge is -2.14. The SMILES string of the molecule is Cc1ccc(CNC(=O)NC(C(=O)O)C2CC2)cc1. The van der Waals surface area contributed by atoms with Gasteiger partial charge in [-0.3, -0.25) is 0 Å². The molecule has 0 bridgehead atoms. The Labute approximate surface area is 112 Å². The van der Waals surface area contributed by atoms with Crippen LogP contribution < -0.4 is 10.6 Å². The molecule has 2 amide bonds. The summed E-state index contributed by atoms with van der Waals surface area (Å²) in [7, 11) is 0. The molecule has 0 radical (unpaired) electrons. The topological polar surface area (TPSA) is 78.4 Å². The van der Waals surface area contributed by atoms with Crippen molar-refractivity contribution in [1.82, 2.24) is 10.6 Å². The van der Waals surface area contributed by atoms with Crippen LogP contribution in [0.25, 0.3) is 0 Å². The average Bonchev–Trinajstić information content (AvgIpc) is 3.19. The Bertz CT molecular complexity index is 466. The van der Waals surface area contributed by atoms with Crippen molar-refractivity contribution in [2.45, 2.75) is 32.4 Å². The van der Waals surface area contributed by atoms with Gasteiger partial charge in [0.2, 0.25) is 0 Å². The number of carboxylic acids is 1. The summed E-state index contributed by atoms with van der Waals surface area (Å²) >= 11 is 0. The van der Waals surface area contributed by atoms with Crippen LogP contribution in [0.2, 0.25) is 0 Å². The lowest BCUT2D eigenvalue weighted by atomic mass is 10.1. The number of benzene rings is 1. The third kappa shape index (κ3) is 3.98. The molecular weight excluding hydrogens is 244 g/mol.